The van der Waals surface area contributed by atoms with E-state index in [9.17, 15) is 0 Å². The molecule has 2 aromatic rings. The lowest BCUT2D eigenvalue weighted by atomic mass is 10.3. The maximum Gasteiger partial charge on any atom is 0.160 e. The predicted molar refractivity (Wildman–Crippen MR) is 68.7 cm³/mol. The molecule has 96 valence electrons. The zero-order chi connectivity index (χ0) is 13.0. The molecule has 2 aromatic heterocycles. The first kappa shape index (κ1) is 12.3. The van der Waals surface area contributed by atoms with Crippen LogP contribution in [-0.2, 0) is 13.5 Å². The first-order chi connectivity index (χ1) is 8.69. The van der Waals surface area contributed by atoms with E-state index < -0.39 is 0 Å². The van der Waals surface area contributed by atoms with E-state index in [0.29, 0.717) is 0 Å². The predicted octanol–water partition coefficient (Wildman–Crippen LogP) is 1.18. The number of aryl methyl sites for hydroxylation is 2. The quantitative estimate of drug-likeness (QED) is 0.859. The van der Waals surface area contributed by atoms with Crippen molar-refractivity contribution in [3.63, 3.8) is 0 Å². The number of rotatable bonds is 5. The van der Waals surface area contributed by atoms with Gasteiger partial charge in [0.1, 0.15) is 6.33 Å². The maximum absolute atomic E-state index is 5.25. The van der Waals surface area contributed by atoms with Gasteiger partial charge in [-0.2, -0.15) is 5.10 Å². The van der Waals surface area contributed by atoms with E-state index in [2.05, 4.69) is 20.4 Å². The summed E-state index contributed by atoms with van der Waals surface area (Å²) >= 11 is 0. The zero-order valence-corrected chi connectivity index (χ0v) is 10.8. The third-order valence-electron chi connectivity index (χ3n) is 2.54. The molecule has 0 atom stereocenters. The van der Waals surface area contributed by atoms with Crippen molar-refractivity contribution >= 4 is 5.69 Å². The van der Waals surface area contributed by atoms with E-state index in [1.54, 1.807) is 24.3 Å². The van der Waals surface area contributed by atoms with E-state index in [4.69, 9.17) is 4.74 Å². The topological polar surface area (TPSA) is 64.9 Å². The van der Waals surface area contributed by atoms with E-state index in [-0.39, 0.29) is 0 Å². The Morgan fingerprint density at radius 3 is 2.89 bits per heavy atom. The molecule has 0 saturated heterocycles. The van der Waals surface area contributed by atoms with E-state index in [1.165, 1.54) is 0 Å². The fraction of sp³-hybridized carbons (Fsp3) is 0.417. The largest absolute Gasteiger partial charge is 0.493 e. The molecule has 0 aromatic carbocycles. The second-order valence-corrected chi connectivity index (χ2v) is 4.04. The lowest BCUT2D eigenvalue weighted by Crippen LogP contribution is -2.08. The molecule has 0 aliphatic rings. The van der Waals surface area contributed by atoms with Crippen LogP contribution in [0.5, 0.6) is 5.75 Å². The molecule has 0 saturated carbocycles. The summed E-state index contributed by atoms with van der Waals surface area (Å²) in [6.07, 6.45) is 4.19. The van der Waals surface area contributed by atoms with E-state index in [0.717, 1.165) is 35.9 Å². The van der Waals surface area contributed by atoms with Crippen LogP contribution in [0.15, 0.2) is 18.6 Å². The second-order valence-electron chi connectivity index (χ2n) is 4.04. The van der Waals surface area contributed by atoms with Crippen molar-refractivity contribution in [3.8, 4) is 5.75 Å². The molecule has 0 unspecified atom stereocenters. The standard InChI is InChI=1S/C12H17N5O/c1-9-6-10(11(18-3)7-14-9)13-5-4-12-15-8-17(2)16-12/h6-8H,4-5H2,1-3H3,(H,13,14). The summed E-state index contributed by atoms with van der Waals surface area (Å²) in [5.74, 6) is 1.57. The molecule has 0 aliphatic carbocycles. The number of ether oxygens (including phenoxy) is 1. The fourth-order valence-corrected chi connectivity index (χ4v) is 1.66. The highest BCUT2D eigenvalue weighted by Crippen LogP contribution is 2.23. The first-order valence-corrected chi connectivity index (χ1v) is 5.78. The van der Waals surface area contributed by atoms with Gasteiger partial charge in [-0.25, -0.2) is 4.98 Å². The fourth-order valence-electron chi connectivity index (χ4n) is 1.66. The lowest BCUT2D eigenvalue weighted by molar-refractivity contribution is 0.414. The molecule has 2 heterocycles. The van der Waals surface area contributed by atoms with Crippen LogP contribution in [0.4, 0.5) is 5.69 Å². The molecule has 18 heavy (non-hydrogen) atoms. The Labute approximate surface area is 106 Å². The Hall–Kier alpha value is -2.11. The number of hydrogen-bond acceptors (Lipinski definition) is 5. The number of methoxy groups -OCH3 is 1. The normalized spacial score (nSPS) is 10.4. The minimum absolute atomic E-state index is 0.745. The van der Waals surface area contributed by atoms with E-state index >= 15 is 0 Å². The van der Waals surface area contributed by atoms with Crippen LogP contribution < -0.4 is 10.1 Å². The number of anilines is 1. The third-order valence-corrected chi connectivity index (χ3v) is 2.54. The lowest BCUT2D eigenvalue weighted by Gasteiger charge is -2.10. The number of hydrogen-bond donors (Lipinski definition) is 1. The SMILES string of the molecule is COc1cnc(C)cc1NCCc1ncn(C)n1. The Kier molecular flexibility index (Phi) is 3.76. The van der Waals surface area contributed by atoms with Crippen LogP contribution in [0.25, 0.3) is 0 Å². The average molecular weight is 247 g/mol. The van der Waals surface area contributed by atoms with Crippen molar-refractivity contribution in [3.05, 3.63) is 30.1 Å². The average Bonchev–Trinajstić information content (AvgIpc) is 2.75. The first-order valence-electron chi connectivity index (χ1n) is 5.78. The van der Waals surface area contributed by atoms with Crippen LogP contribution in [0.2, 0.25) is 0 Å². The van der Waals surface area contributed by atoms with Gasteiger partial charge in [-0.05, 0) is 13.0 Å². The smallest absolute Gasteiger partial charge is 0.160 e. The highest BCUT2D eigenvalue weighted by atomic mass is 16.5. The van der Waals surface area contributed by atoms with E-state index in [1.807, 2.05) is 20.0 Å². The van der Waals surface area contributed by atoms with Crippen molar-refractivity contribution in [2.75, 3.05) is 19.0 Å². The van der Waals surface area contributed by atoms with Gasteiger partial charge < -0.3 is 10.1 Å². The molecule has 0 aliphatic heterocycles. The monoisotopic (exact) mass is 247 g/mol. The third kappa shape index (κ3) is 2.97. The summed E-state index contributed by atoms with van der Waals surface area (Å²) in [5.41, 5.74) is 1.90. The van der Waals surface area contributed by atoms with Crippen molar-refractivity contribution in [2.45, 2.75) is 13.3 Å². The molecule has 6 nitrogen and oxygen atoms in total. The molecule has 2 rings (SSSR count). The van der Waals surface area contributed by atoms with Gasteiger partial charge in [0.05, 0.1) is 19.0 Å². The van der Waals surface area contributed by atoms with Crippen molar-refractivity contribution in [1.29, 1.82) is 0 Å². The maximum atomic E-state index is 5.25. The van der Waals surface area contributed by atoms with Crippen LogP contribution >= 0.6 is 0 Å². The Morgan fingerprint density at radius 1 is 1.39 bits per heavy atom. The summed E-state index contributed by atoms with van der Waals surface area (Å²) < 4.78 is 6.95. The summed E-state index contributed by atoms with van der Waals surface area (Å²) in [5, 5.41) is 7.53. The molecule has 0 bridgehead atoms. The second kappa shape index (κ2) is 5.48. The Morgan fingerprint density at radius 2 is 2.22 bits per heavy atom. The summed E-state index contributed by atoms with van der Waals surface area (Å²) in [6.45, 7) is 2.70. The Bertz CT molecular complexity index is 523. The summed E-state index contributed by atoms with van der Waals surface area (Å²) in [6, 6.07) is 1.96. The molecular weight excluding hydrogens is 230 g/mol. The van der Waals surface area contributed by atoms with Gasteiger partial charge in [0.2, 0.25) is 0 Å². The molecule has 0 fully saturated rings. The summed E-state index contributed by atoms with van der Waals surface area (Å²) in [4.78, 5) is 8.36. The van der Waals surface area contributed by atoms with Crippen LogP contribution in [0.1, 0.15) is 11.5 Å². The van der Waals surface area contributed by atoms with Gasteiger partial charge in [-0.15, -0.1) is 0 Å². The van der Waals surface area contributed by atoms with Crippen molar-refractivity contribution < 1.29 is 4.74 Å². The molecule has 0 radical (unpaired) electrons. The summed E-state index contributed by atoms with van der Waals surface area (Å²) in [7, 11) is 3.50. The zero-order valence-electron chi connectivity index (χ0n) is 10.8. The highest BCUT2D eigenvalue weighted by Gasteiger charge is 2.04. The van der Waals surface area contributed by atoms with Gasteiger partial charge >= 0.3 is 0 Å². The van der Waals surface area contributed by atoms with Crippen molar-refractivity contribution in [1.82, 2.24) is 19.7 Å². The molecular formula is C12H17N5O. The molecule has 0 spiro atoms. The Balaban J connectivity index is 1.95. The number of nitrogens with one attached hydrogen (secondary N) is 1. The number of aromatic nitrogens is 4. The molecule has 6 heteroatoms. The van der Waals surface area contributed by atoms with Crippen molar-refractivity contribution in [2.24, 2.45) is 7.05 Å². The minimum Gasteiger partial charge on any atom is -0.493 e. The number of nitrogens with zero attached hydrogens (tertiary/aromatic N) is 4. The minimum atomic E-state index is 0.745. The molecule has 0 amide bonds. The number of pyridine rings is 1. The highest BCUT2D eigenvalue weighted by molar-refractivity contribution is 5.55. The van der Waals surface area contributed by atoms with Crippen LogP contribution in [0, 0.1) is 6.92 Å². The van der Waals surface area contributed by atoms with Gasteiger partial charge in [0, 0.05) is 25.7 Å². The van der Waals surface area contributed by atoms with Gasteiger partial charge in [-0.1, -0.05) is 0 Å². The van der Waals surface area contributed by atoms with Crippen LogP contribution in [0.3, 0.4) is 0 Å². The van der Waals surface area contributed by atoms with Gasteiger partial charge in [0.15, 0.2) is 11.6 Å². The van der Waals surface area contributed by atoms with Crippen LogP contribution in [-0.4, -0.2) is 33.4 Å². The van der Waals surface area contributed by atoms with Gasteiger partial charge in [0.25, 0.3) is 0 Å². The van der Waals surface area contributed by atoms with Gasteiger partial charge in [-0.3, -0.25) is 9.67 Å². The molecule has 1 N–H and O–H groups in total.